The molecule has 1 aromatic rings. The van der Waals surface area contributed by atoms with E-state index in [9.17, 15) is 18.0 Å². The summed E-state index contributed by atoms with van der Waals surface area (Å²) in [5.74, 6) is -1.10. The number of aromatic nitrogens is 1. The highest BCUT2D eigenvalue weighted by atomic mass is 32.2. The van der Waals surface area contributed by atoms with Crippen molar-refractivity contribution in [2.24, 2.45) is 0 Å². The number of esters is 2. The van der Waals surface area contributed by atoms with Gasteiger partial charge in [0.05, 0.1) is 0 Å². The third-order valence-corrected chi connectivity index (χ3v) is 5.03. The van der Waals surface area contributed by atoms with Gasteiger partial charge in [0.25, 0.3) is 0 Å². The second kappa shape index (κ2) is 7.05. The highest BCUT2D eigenvalue weighted by Gasteiger charge is 2.45. The Hall–Kier alpha value is -2.00. The summed E-state index contributed by atoms with van der Waals surface area (Å²) in [5.41, 5.74) is -1.22. The van der Waals surface area contributed by atoms with Crippen molar-refractivity contribution in [2.45, 2.75) is 42.9 Å². The van der Waals surface area contributed by atoms with Gasteiger partial charge in [-0.15, -0.1) is 0 Å². The molecule has 0 aromatic carbocycles. The molecule has 0 spiro atoms. The molecule has 1 aromatic heterocycles. The minimum atomic E-state index is -3.84. The van der Waals surface area contributed by atoms with Gasteiger partial charge in [-0.2, -0.15) is 0 Å². The fraction of sp³-hybridized carbons (Fsp3) is 0.500. The summed E-state index contributed by atoms with van der Waals surface area (Å²) in [6.45, 7) is 2.24. The van der Waals surface area contributed by atoms with E-state index in [4.69, 9.17) is 14.2 Å². The number of ether oxygens (including phenoxy) is 3. The molecule has 1 unspecified atom stereocenters. The van der Waals surface area contributed by atoms with Crippen LogP contribution >= 0.6 is 0 Å². The van der Waals surface area contributed by atoms with Crippen LogP contribution in [0.3, 0.4) is 0 Å². The molecule has 0 bridgehead atoms. The van der Waals surface area contributed by atoms with Gasteiger partial charge in [0.1, 0.15) is 18.8 Å². The fourth-order valence-electron chi connectivity index (χ4n) is 2.21. The van der Waals surface area contributed by atoms with Crippen LogP contribution in [0.5, 0.6) is 0 Å². The average Bonchev–Trinajstić information content (AvgIpc) is 2.89. The lowest BCUT2D eigenvalue weighted by atomic mass is 10.2. The summed E-state index contributed by atoms with van der Waals surface area (Å²) in [6, 6.07) is 4.51. The van der Waals surface area contributed by atoms with Crippen LogP contribution in [0.1, 0.15) is 20.3 Å². The predicted molar refractivity (Wildman–Crippen MR) is 76.9 cm³/mol. The summed E-state index contributed by atoms with van der Waals surface area (Å²) in [7, 11) is -3.84. The first-order chi connectivity index (χ1) is 10.8. The van der Waals surface area contributed by atoms with Crippen LogP contribution < -0.4 is 0 Å². The quantitative estimate of drug-likeness (QED) is 0.710. The second-order valence-electron chi connectivity index (χ2n) is 5.00. The molecule has 9 heteroatoms. The summed E-state index contributed by atoms with van der Waals surface area (Å²) >= 11 is 0. The molecule has 1 fully saturated rings. The van der Waals surface area contributed by atoms with E-state index < -0.39 is 39.4 Å². The molecule has 1 aliphatic rings. The van der Waals surface area contributed by atoms with E-state index in [1.54, 1.807) is 12.1 Å². The Morgan fingerprint density at radius 3 is 2.61 bits per heavy atom. The zero-order valence-corrected chi connectivity index (χ0v) is 13.5. The van der Waals surface area contributed by atoms with Crippen LogP contribution in [0.2, 0.25) is 0 Å². The maximum absolute atomic E-state index is 12.5. The normalized spacial score (nSPS) is 24.2. The number of carbonyl (C=O) groups is 2. The van der Waals surface area contributed by atoms with Crippen molar-refractivity contribution < 1.29 is 32.2 Å². The standard InChI is InChI=1S/C14H17NO7S/c1-9(16)20-8-12-11(21-10(2)17)7-14(22-12)23(18,19)13-5-3-4-6-15-13/h3-6,11-12,14H,7-8H2,1-2H3/t11-,12+,14?/m0/s1. The zero-order valence-electron chi connectivity index (χ0n) is 12.7. The Kier molecular flexibility index (Phi) is 5.32. The van der Waals surface area contributed by atoms with Crippen molar-refractivity contribution in [2.75, 3.05) is 6.61 Å². The van der Waals surface area contributed by atoms with Crippen LogP contribution in [-0.2, 0) is 33.6 Å². The number of hydrogen-bond donors (Lipinski definition) is 0. The Morgan fingerprint density at radius 2 is 2.04 bits per heavy atom. The van der Waals surface area contributed by atoms with Crippen LogP contribution in [0.4, 0.5) is 0 Å². The van der Waals surface area contributed by atoms with Gasteiger partial charge in [0.2, 0.25) is 9.84 Å². The second-order valence-corrected chi connectivity index (χ2v) is 7.04. The summed E-state index contributed by atoms with van der Waals surface area (Å²) in [4.78, 5) is 25.9. The summed E-state index contributed by atoms with van der Waals surface area (Å²) < 4.78 is 40.4. The van der Waals surface area contributed by atoms with Crippen molar-refractivity contribution in [1.29, 1.82) is 0 Å². The van der Waals surface area contributed by atoms with Crippen molar-refractivity contribution in [1.82, 2.24) is 4.98 Å². The number of hydrogen-bond acceptors (Lipinski definition) is 8. The van der Waals surface area contributed by atoms with E-state index >= 15 is 0 Å². The third-order valence-electron chi connectivity index (χ3n) is 3.21. The first-order valence-electron chi connectivity index (χ1n) is 6.91. The van der Waals surface area contributed by atoms with Crippen LogP contribution in [0.25, 0.3) is 0 Å². The predicted octanol–water partition coefficient (Wildman–Crippen LogP) is 0.465. The number of sulfone groups is 1. The number of pyridine rings is 1. The third kappa shape index (κ3) is 4.26. The van der Waals surface area contributed by atoms with Gasteiger partial charge in [0, 0.05) is 26.5 Å². The van der Waals surface area contributed by atoms with Gasteiger partial charge in [-0.05, 0) is 12.1 Å². The van der Waals surface area contributed by atoms with Crippen LogP contribution in [-0.4, -0.2) is 49.6 Å². The van der Waals surface area contributed by atoms with Gasteiger partial charge < -0.3 is 14.2 Å². The topological polar surface area (TPSA) is 109 Å². The minimum Gasteiger partial charge on any atom is -0.463 e. The van der Waals surface area contributed by atoms with Gasteiger partial charge in [-0.1, -0.05) is 6.07 Å². The lowest BCUT2D eigenvalue weighted by Crippen LogP contribution is -2.31. The minimum absolute atomic E-state index is 0.0512. The van der Waals surface area contributed by atoms with E-state index in [-0.39, 0.29) is 18.1 Å². The summed E-state index contributed by atoms with van der Waals surface area (Å²) in [6.07, 6.45) is -0.340. The maximum atomic E-state index is 12.5. The van der Waals surface area contributed by atoms with Gasteiger partial charge in [0.15, 0.2) is 10.5 Å². The molecule has 126 valence electrons. The molecular formula is C14H17NO7S. The Labute approximate surface area is 133 Å². The molecule has 3 atom stereocenters. The molecule has 8 nitrogen and oxygen atoms in total. The highest BCUT2D eigenvalue weighted by Crippen LogP contribution is 2.30. The Morgan fingerprint density at radius 1 is 1.30 bits per heavy atom. The van der Waals surface area contributed by atoms with E-state index in [0.29, 0.717) is 0 Å². The first-order valence-corrected chi connectivity index (χ1v) is 8.46. The molecule has 0 aliphatic carbocycles. The van der Waals surface area contributed by atoms with Crippen molar-refractivity contribution in [3.05, 3.63) is 24.4 Å². The van der Waals surface area contributed by atoms with E-state index in [0.717, 1.165) is 0 Å². The smallest absolute Gasteiger partial charge is 0.302 e. The largest absolute Gasteiger partial charge is 0.463 e. The van der Waals surface area contributed by atoms with Crippen LogP contribution in [0, 0.1) is 0 Å². The summed E-state index contributed by atoms with van der Waals surface area (Å²) in [5, 5.41) is -0.125. The number of rotatable bonds is 5. The number of nitrogens with zero attached hydrogens (tertiary/aromatic N) is 1. The van der Waals surface area contributed by atoms with Crippen LogP contribution in [0.15, 0.2) is 29.4 Å². The first kappa shape index (κ1) is 17.4. The SMILES string of the molecule is CC(=O)OC[C@H]1OC(S(=O)(=O)c2ccccn2)C[C@@H]1OC(C)=O. The molecule has 1 aliphatic heterocycles. The van der Waals surface area contributed by atoms with Crippen molar-refractivity contribution >= 4 is 21.8 Å². The van der Waals surface area contributed by atoms with E-state index in [2.05, 4.69) is 4.98 Å². The molecule has 23 heavy (non-hydrogen) atoms. The lowest BCUT2D eigenvalue weighted by Gasteiger charge is -2.17. The van der Waals surface area contributed by atoms with E-state index in [1.165, 1.54) is 26.1 Å². The molecule has 2 rings (SSSR count). The average molecular weight is 343 g/mol. The maximum Gasteiger partial charge on any atom is 0.302 e. The zero-order chi connectivity index (χ0) is 17.0. The molecule has 2 heterocycles. The monoisotopic (exact) mass is 343 g/mol. The molecule has 1 saturated heterocycles. The molecule has 0 saturated carbocycles. The van der Waals surface area contributed by atoms with Gasteiger partial charge in [-0.25, -0.2) is 13.4 Å². The lowest BCUT2D eigenvalue weighted by molar-refractivity contribution is -0.154. The van der Waals surface area contributed by atoms with Crippen molar-refractivity contribution in [3.8, 4) is 0 Å². The molecule has 0 amide bonds. The molecule has 0 N–H and O–H groups in total. The molecule has 0 radical (unpaired) electrons. The van der Waals surface area contributed by atoms with E-state index in [1.807, 2.05) is 0 Å². The molecular weight excluding hydrogens is 326 g/mol. The van der Waals surface area contributed by atoms with Gasteiger partial charge >= 0.3 is 11.9 Å². The van der Waals surface area contributed by atoms with Crippen molar-refractivity contribution in [3.63, 3.8) is 0 Å². The Bertz CT molecular complexity index is 674. The van der Waals surface area contributed by atoms with Gasteiger partial charge in [-0.3, -0.25) is 9.59 Å². The highest BCUT2D eigenvalue weighted by molar-refractivity contribution is 7.91. The Balaban J connectivity index is 2.18. The fourth-order valence-corrected chi connectivity index (χ4v) is 3.69. The number of carbonyl (C=O) groups excluding carboxylic acids is 2.